The van der Waals surface area contributed by atoms with E-state index in [0.717, 1.165) is 49.5 Å². The first-order chi connectivity index (χ1) is 13.0. The number of carboxylic acids is 1. The molecule has 0 saturated carbocycles. The molecular weight excluding hydrogens is 342 g/mol. The van der Waals surface area contributed by atoms with Crippen molar-refractivity contribution in [2.24, 2.45) is 0 Å². The van der Waals surface area contributed by atoms with E-state index in [-0.39, 0.29) is 6.54 Å². The maximum atomic E-state index is 10.9. The summed E-state index contributed by atoms with van der Waals surface area (Å²) in [4.78, 5) is 19.3. The van der Waals surface area contributed by atoms with Crippen LogP contribution >= 0.6 is 0 Å². The van der Waals surface area contributed by atoms with Gasteiger partial charge in [0.1, 0.15) is 11.5 Å². The monoisotopic (exact) mass is 369 g/mol. The number of ether oxygens (including phenoxy) is 1. The Bertz CT molecular complexity index is 759. The minimum Gasteiger partial charge on any atom is -0.480 e. The van der Waals surface area contributed by atoms with E-state index < -0.39 is 5.97 Å². The number of benzene rings is 1. The number of aromatic nitrogens is 1. The Labute approximate surface area is 160 Å². The number of piperidine rings is 1. The smallest absolute Gasteiger partial charge is 0.317 e. The van der Waals surface area contributed by atoms with Crippen molar-refractivity contribution in [3.63, 3.8) is 0 Å². The molecule has 1 aliphatic rings. The van der Waals surface area contributed by atoms with Crippen LogP contribution in [-0.2, 0) is 11.3 Å². The van der Waals surface area contributed by atoms with Gasteiger partial charge in [0.15, 0.2) is 0 Å². The van der Waals surface area contributed by atoms with Gasteiger partial charge in [0.05, 0.1) is 12.7 Å². The third-order valence-corrected chi connectivity index (χ3v) is 5.07. The average molecular weight is 369 g/mol. The summed E-state index contributed by atoms with van der Waals surface area (Å²) < 4.78 is 5.90. The van der Waals surface area contributed by atoms with Crippen LogP contribution in [0.25, 0.3) is 0 Å². The number of likely N-dealkylation sites (tertiary alicyclic amines) is 1. The minimum absolute atomic E-state index is 0.113. The van der Waals surface area contributed by atoms with Gasteiger partial charge in [-0.2, -0.15) is 0 Å². The zero-order valence-electron chi connectivity index (χ0n) is 16.0. The van der Waals surface area contributed by atoms with Gasteiger partial charge in [-0.1, -0.05) is 12.1 Å². The minimum atomic E-state index is -0.760. The first-order valence-corrected chi connectivity index (χ1v) is 9.33. The van der Waals surface area contributed by atoms with Gasteiger partial charge in [-0.05, 0) is 69.2 Å². The SMILES string of the molecule is Cc1cc(CN2CCC(N(C)CC(=O)O)CC2)ccc1Oc1cccnc1. The van der Waals surface area contributed by atoms with E-state index in [1.807, 2.05) is 30.1 Å². The van der Waals surface area contributed by atoms with Gasteiger partial charge in [0.2, 0.25) is 0 Å². The Morgan fingerprint density at radius 2 is 2.11 bits per heavy atom. The molecule has 0 bridgehead atoms. The van der Waals surface area contributed by atoms with E-state index in [1.54, 1.807) is 12.4 Å². The van der Waals surface area contributed by atoms with Crippen molar-refractivity contribution in [3.05, 3.63) is 53.9 Å². The van der Waals surface area contributed by atoms with Crippen molar-refractivity contribution in [2.75, 3.05) is 26.7 Å². The molecule has 2 aromatic rings. The molecule has 1 fully saturated rings. The van der Waals surface area contributed by atoms with E-state index in [0.29, 0.717) is 6.04 Å². The Morgan fingerprint density at radius 1 is 1.33 bits per heavy atom. The van der Waals surface area contributed by atoms with Gasteiger partial charge in [0, 0.05) is 18.8 Å². The molecule has 6 nitrogen and oxygen atoms in total. The largest absolute Gasteiger partial charge is 0.480 e. The lowest BCUT2D eigenvalue weighted by molar-refractivity contribution is -0.138. The normalized spacial score (nSPS) is 15.8. The van der Waals surface area contributed by atoms with Crippen molar-refractivity contribution in [1.29, 1.82) is 0 Å². The van der Waals surface area contributed by atoms with E-state index in [4.69, 9.17) is 9.84 Å². The molecule has 1 aliphatic heterocycles. The molecule has 1 saturated heterocycles. The third-order valence-electron chi connectivity index (χ3n) is 5.07. The molecule has 27 heavy (non-hydrogen) atoms. The summed E-state index contributed by atoms with van der Waals surface area (Å²) in [6, 6.07) is 10.4. The van der Waals surface area contributed by atoms with Crippen molar-refractivity contribution in [2.45, 2.75) is 32.4 Å². The second-order valence-electron chi connectivity index (χ2n) is 7.21. The Balaban J connectivity index is 1.53. The molecule has 2 heterocycles. The number of aryl methyl sites for hydroxylation is 1. The van der Waals surface area contributed by atoms with Crippen LogP contribution < -0.4 is 4.74 Å². The van der Waals surface area contributed by atoms with Crippen molar-refractivity contribution in [3.8, 4) is 11.5 Å². The van der Waals surface area contributed by atoms with Crippen LogP contribution in [0.15, 0.2) is 42.7 Å². The number of hydrogen-bond acceptors (Lipinski definition) is 5. The van der Waals surface area contributed by atoms with Gasteiger partial charge in [-0.15, -0.1) is 0 Å². The highest BCUT2D eigenvalue weighted by Crippen LogP contribution is 2.26. The van der Waals surface area contributed by atoms with E-state index in [2.05, 4.69) is 28.9 Å². The summed E-state index contributed by atoms with van der Waals surface area (Å²) in [5.41, 5.74) is 2.37. The number of likely N-dealkylation sites (N-methyl/N-ethyl adjacent to an activating group) is 1. The van der Waals surface area contributed by atoms with Crippen molar-refractivity contribution in [1.82, 2.24) is 14.8 Å². The number of nitrogens with zero attached hydrogens (tertiary/aromatic N) is 3. The first-order valence-electron chi connectivity index (χ1n) is 9.33. The third kappa shape index (κ3) is 5.52. The van der Waals surface area contributed by atoms with Gasteiger partial charge >= 0.3 is 5.97 Å². The molecule has 0 unspecified atom stereocenters. The van der Waals surface area contributed by atoms with E-state index in [9.17, 15) is 4.79 Å². The fraction of sp³-hybridized carbons (Fsp3) is 0.429. The van der Waals surface area contributed by atoms with Crippen molar-refractivity contribution < 1.29 is 14.6 Å². The molecule has 3 rings (SSSR count). The summed E-state index contributed by atoms with van der Waals surface area (Å²) in [6.07, 6.45) is 5.44. The van der Waals surface area contributed by atoms with Gasteiger partial charge in [0.25, 0.3) is 0 Å². The fourth-order valence-electron chi connectivity index (χ4n) is 3.58. The number of carbonyl (C=O) groups is 1. The van der Waals surface area contributed by atoms with Gasteiger partial charge in [-0.3, -0.25) is 19.6 Å². The predicted octanol–water partition coefficient (Wildman–Crippen LogP) is 3.16. The molecule has 0 amide bonds. The molecule has 1 N–H and O–H groups in total. The second-order valence-corrected chi connectivity index (χ2v) is 7.21. The van der Waals surface area contributed by atoms with E-state index in [1.165, 1.54) is 5.56 Å². The molecular formula is C21H27N3O3. The standard InChI is InChI=1S/C21H27N3O3/c1-16-12-17(5-6-20(16)27-19-4-3-9-22-13-19)14-24-10-7-18(8-11-24)23(2)15-21(25)26/h3-6,9,12-13,18H,7-8,10-11,14-15H2,1-2H3,(H,25,26). The van der Waals surface area contributed by atoms with Crippen LogP contribution in [0.3, 0.4) is 0 Å². The number of carboxylic acid groups (broad SMARTS) is 1. The van der Waals surface area contributed by atoms with E-state index >= 15 is 0 Å². The lowest BCUT2D eigenvalue weighted by Gasteiger charge is -2.36. The molecule has 1 aromatic carbocycles. The molecule has 1 aromatic heterocycles. The number of pyridine rings is 1. The van der Waals surface area contributed by atoms with Crippen LogP contribution in [0, 0.1) is 6.92 Å². The predicted molar refractivity (Wildman–Crippen MR) is 104 cm³/mol. The highest BCUT2D eigenvalue weighted by Gasteiger charge is 2.23. The highest BCUT2D eigenvalue weighted by atomic mass is 16.5. The van der Waals surface area contributed by atoms with Crippen LogP contribution in [0.2, 0.25) is 0 Å². The fourth-order valence-corrected chi connectivity index (χ4v) is 3.58. The summed E-state index contributed by atoms with van der Waals surface area (Å²) >= 11 is 0. The number of aliphatic carboxylic acids is 1. The lowest BCUT2D eigenvalue weighted by Crippen LogP contribution is -2.44. The molecule has 6 heteroatoms. The quantitative estimate of drug-likeness (QED) is 0.809. The average Bonchev–Trinajstić information content (AvgIpc) is 2.65. The molecule has 0 radical (unpaired) electrons. The highest BCUT2D eigenvalue weighted by molar-refractivity contribution is 5.69. The zero-order chi connectivity index (χ0) is 19.2. The number of rotatable bonds is 7. The maximum Gasteiger partial charge on any atom is 0.317 e. The molecule has 144 valence electrons. The maximum absolute atomic E-state index is 10.9. The number of hydrogen-bond donors (Lipinski definition) is 1. The first kappa shape index (κ1) is 19.3. The Kier molecular flexibility index (Phi) is 6.42. The van der Waals surface area contributed by atoms with Crippen molar-refractivity contribution >= 4 is 5.97 Å². The zero-order valence-corrected chi connectivity index (χ0v) is 16.0. The van der Waals surface area contributed by atoms with Crippen LogP contribution in [0.4, 0.5) is 0 Å². The molecule has 0 spiro atoms. The summed E-state index contributed by atoms with van der Waals surface area (Å²) in [6.45, 7) is 5.05. The van der Waals surface area contributed by atoms with Crippen LogP contribution in [-0.4, -0.2) is 58.6 Å². The van der Waals surface area contributed by atoms with Crippen LogP contribution in [0.5, 0.6) is 11.5 Å². The topological polar surface area (TPSA) is 65.9 Å². The Hall–Kier alpha value is -2.44. The van der Waals surface area contributed by atoms with Gasteiger partial charge < -0.3 is 9.84 Å². The van der Waals surface area contributed by atoms with Gasteiger partial charge in [-0.25, -0.2) is 0 Å². The summed E-state index contributed by atoms with van der Waals surface area (Å²) in [5, 5.41) is 8.94. The lowest BCUT2D eigenvalue weighted by atomic mass is 10.0. The molecule has 0 aliphatic carbocycles. The summed E-state index contributed by atoms with van der Waals surface area (Å²) in [5.74, 6) is 0.825. The molecule has 0 atom stereocenters. The Morgan fingerprint density at radius 3 is 2.74 bits per heavy atom. The summed E-state index contributed by atoms with van der Waals surface area (Å²) in [7, 11) is 1.90. The van der Waals surface area contributed by atoms with Crippen LogP contribution in [0.1, 0.15) is 24.0 Å². The second kappa shape index (κ2) is 8.97.